The monoisotopic (exact) mass is 399 g/mol. The Morgan fingerprint density at radius 2 is 2.14 bits per heavy atom. The molecule has 0 radical (unpaired) electrons. The largest absolute Gasteiger partial charge is 0.497 e. The first-order valence-corrected chi connectivity index (χ1v) is 10.1. The first-order valence-electron chi connectivity index (χ1n) is 9.11. The Kier molecular flexibility index (Phi) is 5.73. The number of fused-ring (bicyclic) bond motifs is 1. The maximum Gasteiger partial charge on any atom is 0.230 e. The molecule has 1 fully saturated rings. The maximum atomic E-state index is 12.1. The zero-order valence-corrected chi connectivity index (χ0v) is 16.3. The van der Waals surface area contributed by atoms with Crippen LogP contribution in [-0.2, 0) is 9.53 Å². The molecular formula is C19H21N5O3S. The Balaban J connectivity index is 1.42. The van der Waals surface area contributed by atoms with Crippen LogP contribution in [0.5, 0.6) is 5.75 Å². The molecule has 1 atom stereocenters. The van der Waals surface area contributed by atoms with E-state index in [2.05, 4.69) is 20.6 Å². The fourth-order valence-electron chi connectivity index (χ4n) is 2.99. The number of carbonyl (C=O) groups excluding carboxylic acids is 1. The summed E-state index contributed by atoms with van der Waals surface area (Å²) in [7, 11) is 1.64. The Hall–Kier alpha value is -2.65. The van der Waals surface area contributed by atoms with Crippen molar-refractivity contribution in [2.75, 3.05) is 26.0 Å². The molecule has 28 heavy (non-hydrogen) atoms. The number of aromatic nitrogens is 4. The van der Waals surface area contributed by atoms with E-state index in [1.165, 1.54) is 11.8 Å². The summed E-state index contributed by atoms with van der Waals surface area (Å²) in [6.45, 7) is 1.34. The highest BCUT2D eigenvalue weighted by atomic mass is 32.2. The first kappa shape index (κ1) is 18.7. The Bertz CT molecular complexity index is 954. The van der Waals surface area contributed by atoms with E-state index in [-0.39, 0.29) is 17.8 Å². The molecule has 3 heterocycles. The van der Waals surface area contributed by atoms with Crippen LogP contribution >= 0.6 is 11.8 Å². The van der Waals surface area contributed by atoms with Crippen LogP contribution in [0.4, 0.5) is 0 Å². The van der Waals surface area contributed by atoms with Crippen molar-refractivity contribution in [3.8, 4) is 17.0 Å². The molecule has 1 aliphatic rings. The number of hydrogen-bond donors (Lipinski definition) is 1. The van der Waals surface area contributed by atoms with Gasteiger partial charge in [-0.25, -0.2) is 0 Å². The van der Waals surface area contributed by atoms with Crippen molar-refractivity contribution < 1.29 is 14.3 Å². The minimum atomic E-state index is -0.0523. The quantitative estimate of drug-likeness (QED) is 0.609. The van der Waals surface area contributed by atoms with Gasteiger partial charge in [-0.15, -0.1) is 10.2 Å². The molecule has 4 rings (SSSR count). The molecule has 1 amide bonds. The third kappa shape index (κ3) is 4.26. The molecule has 146 valence electrons. The van der Waals surface area contributed by atoms with Crippen molar-refractivity contribution in [1.29, 1.82) is 0 Å². The first-order chi connectivity index (χ1) is 13.7. The van der Waals surface area contributed by atoms with Crippen molar-refractivity contribution in [2.45, 2.75) is 24.1 Å². The van der Waals surface area contributed by atoms with Crippen LogP contribution in [-0.4, -0.2) is 57.8 Å². The van der Waals surface area contributed by atoms with Crippen LogP contribution in [0.1, 0.15) is 12.8 Å². The lowest BCUT2D eigenvalue weighted by Crippen LogP contribution is -2.32. The van der Waals surface area contributed by atoms with Gasteiger partial charge in [0.15, 0.2) is 5.65 Å². The number of benzene rings is 1. The lowest BCUT2D eigenvalue weighted by Gasteiger charge is -2.10. The lowest BCUT2D eigenvalue weighted by molar-refractivity contribution is -0.119. The van der Waals surface area contributed by atoms with Gasteiger partial charge in [-0.2, -0.15) is 9.61 Å². The van der Waals surface area contributed by atoms with Crippen LogP contribution in [0.2, 0.25) is 0 Å². The molecule has 1 N–H and O–H groups in total. The molecule has 0 spiro atoms. The molecule has 1 aromatic carbocycles. The van der Waals surface area contributed by atoms with E-state index in [1.807, 2.05) is 36.4 Å². The summed E-state index contributed by atoms with van der Waals surface area (Å²) in [5.41, 5.74) is 2.39. The third-order valence-electron chi connectivity index (χ3n) is 4.50. The van der Waals surface area contributed by atoms with Gasteiger partial charge in [0.05, 0.1) is 24.7 Å². The topological polar surface area (TPSA) is 90.6 Å². The summed E-state index contributed by atoms with van der Waals surface area (Å²) >= 11 is 1.31. The van der Waals surface area contributed by atoms with Gasteiger partial charge in [-0.1, -0.05) is 11.8 Å². The van der Waals surface area contributed by atoms with E-state index >= 15 is 0 Å². The lowest BCUT2D eigenvalue weighted by atomic mass is 10.1. The number of nitrogens with zero attached hydrogens (tertiary/aromatic N) is 4. The molecule has 1 saturated heterocycles. The fraction of sp³-hybridized carbons (Fsp3) is 0.368. The smallest absolute Gasteiger partial charge is 0.230 e. The van der Waals surface area contributed by atoms with Gasteiger partial charge in [0.2, 0.25) is 11.1 Å². The normalized spacial score (nSPS) is 16.4. The Morgan fingerprint density at radius 3 is 2.89 bits per heavy atom. The van der Waals surface area contributed by atoms with E-state index in [1.54, 1.807) is 11.6 Å². The second kappa shape index (κ2) is 8.57. The van der Waals surface area contributed by atoms with Crippen LogP contribution in [0.15, 0.2) is 41.6 Å². The molecule has 8 nitrogen and oxygen atoms in total. The van der Waals surface area contributed by atoms with Crippen LogP contribution in [0.3, 0.4) is 0 Å². The number of hydrogen-bond acceptors (Lipinski definition) is 7. The zero-order chi connectivity index (χ0) is 19.3. The highest BCUT2D eigenvalue weighted by molar-refractivity contribution is 7.99. The highest BCUT2D eigenvalue weighted by Crippen LogP contribution is 2.22. The number of amides is 1. The van der Waals surface area contributed by atoms with Gasteiger partial charge in [0.25, 0.3) is 0 Å². The van der Waals surface area contributed by atoms with E-state index in [4.69, 9.17) is 9.47 Å². The Morgan fingerprint density at radius 1 is 1.29 bits per heavy atom. The number of thioether (sulfide) groups is 1. The minimum Gasteiger partial charge on any atom is -0.497 e. The summed E-state index contributed by atoms with van der Waals surface area (Å²) < 4.78 is 12.4. The molecule has 9 heteroatoms. The van der Waals surface area contributed by atoms with Gasteiger partial charge in [0.1, 0.15) is 5.75 Å². The zero-order valence-electron chi connectivity index (χ0n) is 15.5. The molecule has 0 bridgehead atoms. The molecule has 2 aromatic heterocycles. The summed E-state index contributed by atoms with van der Waals surface area (Å²) in [4.78, 5) is 12.1. The molecule has 0 saturated carbocycles. The van der Waals surface area contributed by atoms with E-state index in [0.29, 0.717) is 17.3 Å². The van der Waals surface area contributed by atoms with Gasteiger partial charge < -0.3 is 14.8 Å². The summed E-state index contributed by atoms with van der Waals surface area (Å²) in [6.07, 6.45) is 2.19. The summed E-state index contributed by atoms with van der Waals surface area (Å²) in [6, 6.07) is 11.4. The highest BCUT2D eigenvalue weighted by Gasteiger charge is 2.17. The summed E-state index contributed by atoms with van der Waals surface area (Å²) in [5.74, 6) is 0.991. The van der Waals surface area contributed by atoms with Crippen molar-refractivity contribution in [2.24, 2.45) is 0 Å². The van der Waals surface area contributed by atoms with Gasteiger partial charge in [-0.3, -0.25) is 4.79 Å². The average molecular weight is 399 g/mol. The molecule has 0 unspecified atom stereocenters. The van der Waals surface area contributed by atoms with Crippen molar-refractivity contribution in [3.05, 3.63) is 36.4 Å². The second-order valence-electron chi connectivity index (χ2n) is 6.43. The number of carbonyl (C=O) groups is 1. The van der Waals surface area contributed by atoms with E-state index < -0.39 is 0 Å². The molecular weight excluding hydrogens is 378 g/mol. The van der Waals surface area contributed by atoms with E-state index in [9.17, 15) is 4.79 Å². The molecule has 1 aliphatic heterocycles. The van der Waals surface area contributed by atoms with Gasteiger partial charge in [0, 0.05) is 18.7 Å². The van der Waals surface area contributed by atoms with Gasteiger partial charge >= 0.3 is 0 Å². The predicted octanol–water partition coefficient (Wildman–Crippen LogP) is 2.19. The van der Waals surface area contributed by atoms with Crippen molar-refractivity contribution in [3.63, 3.8) is 0 Å². The molecule has 3 aromatic rings. The molecule has 0 aliphatic carbocycles. The van der Waals surface area contributed by atoms with Crippen LogP contribution < -0.4 is 10.1 Å². The number of methoxy groups -OCH3 is 1. The number of ether oxygens (including phenoxy) is 2. The SMILES string of the molecule is COc1ccc(-c2ccc3nnc(SCC(=O)NC[C@@H]4CCCO4)n3n2)cc1. The third-order valence-corrected chi connectivity index (χ3v) is 5.42. The summed E-state index contributed by atoms with van der Waals surface area (Å²) in [5, 5.41) is 16.4. The average Bonchev–Trinajstić information content (AvgIpc) is 3.40. The van der Waals surface area contributed by atoms with Crippen molar-refractivity contribution >= 4 is 23.3 Å². The van der Waals surface area contributed by atoms with Gasteiger partial charge in [-0.05, 0) is 49.2 Å². The Labute approximate surface area is 166 Å². The maximum absolute atomic E-state index is 12.1. The van der Waals surface area contributed by atoms with Crippen molar-refractivity contribution in [1.82, 2.24) is 25.1 Å². The standard InChI is InChI=1S/C19H21N5O3S/c1-26-14-6-4-13(5-7-14)16-8-9-17-21-22-19(24(17)23-16)28-12-18(25)20-11-15-3-2-10-27-15/h4-9,15H,2-3,10-12H2,1H3,(H,20,25)/t15-/m0/s1. The predicted molar refractivity (Wildman–Crippen MR) is 105 cm³/mol. The fourth-order valence-corrected chi connectivity index (χ4v) is 3.71. The van der Waals surface area contributed by atoms with Crippen LogP contribution in [0.25, 0.3) is 16.9 Å². The number of rotatable bonds is 7. The van der Waals surface area contributed by atoms with E-state index in [0.717, 1.165) is 36.5 Å². The number of nitrogens with one attached hydrogen (secondary N) is 1. The minimum absolute atomic E-state index is 0.0523. The second-order valence-corrected chi connectivity index (χ2v) is 7.37. The van der Waals surface area contributed by atoms with Crippen LogP contribution in [0, 0.1) is 0 Å².